The second-order valence-corrected chi connectivity index (χ2v) is 4.01. The van der Waals surface area contributed by atoms with Gasteiger partial charge in [-0.2, -0.15) is 0 Å². The molecule has 0 spiro atoms. The molecule has 0 atom stereocenters. The van der Waals surface area contributed by atoms with E-state index in [2.05, 4.69) is 0 Å². The predicted octanol–water partition coefficient (Wildman–Crippen LogP) is 1.31. The summed E-state index contributed by atoms with van der Waals surface area (Å²) in [7, 11) is 0. The van der Waals surface area contributed by atoms with Gasteiger partial charge in [-0.1, -0.05) is 19.4 Å². The van der Waals surface area contributed by atoms with E-state index >= 15 is 0 Å². The van der Waals surface area contributed by atoms with Crippen molar-refractivity contribution in [3.05, 3.63) is 33.9 Å². The molecule has 0 saturated carbocycles. The van der Waals surface area contributed by atoms with E-state index in [-0.39, 0.29) is 17.9 Å². The van der Waals surface area contributed by atoms with Crippen molar-refractivity contribution in [2.45, 2.75) is 26.2 Å². The largest absolute Gasteiger partial charge is 0.487 e. The lowest BCUT2D eigenvalue weighted by Gasteiger charge is -2.07. The van der Waals surface area contributed by atoms with Crippen LogP contribution in [0.4, 0.5) is 5.69 Å². The van der Waals surface area contributed by atoms with Crippen LogP contribution in [0.25, 0.3) is 0 Å². The van der Waals surface area contributed by atoms with Gasteiger partial charge in [0, 0.05) is 6.07 Å². The Hall–Kier alpha value is -2.15. The van der Waals surface area contributed by atoms with Gasteiger partial charge in [0.25, 0.3) is 0 Å². The average molecular weight is 267 g/mol. The Labute approximate surface area is 110 Å². The molecule has 7 heteroatoms. The fourth-order valence-corrected chi connectivity index (χ4v) is 1.50. The first-order valence-corrected chi connectivity index (χ1v) is 5.98. The number of hydrogen-bond acceptors (Lipinski definition) is 5. The monoisotopic (exact) mass is 267 g/mol. The Kier molecular flexibility index (Phi) is 5.74. The molecule has 1 rings (SSSR count). The van der Waals surface area contributed by atoms with Gasteiger partial charge in [0.2, 0.25) is 5.91 Å². The number of ether oxygens (including phenoxy) is 1. The number of hydrogen-bond donors (Lipinski definition) is 2. The zero-order valence-electron chi connectivity index (χ0n) is 10.7. The molecule has 0 aliphatic rings. The lowest BCUT2D eigenvalue weighted by molar-refractivity contribution is -0.385. The molecule has 7 nitrogen and oxygen atoms in total. The van der Waals surface area contributed by atoms with Crippen LogP contribution in [0.5, 0.6) is 5.75 Å². The molecule has 0 aliphatic heterocycles. The molecule has 0 fully saturated rings. The molecule has 1 amide bonds. The Morgan fingerprint density at radius 3 is 2.84 bits per heavy atom. The van der Waals surface area contributed by atoms with E-state index in [1.54, 1.807) is 6.07 Å². The highest BCUT2D eigenvalue weighted by Gasteiger charge is 2.16. The SMILES string of the molecule is CCCCOc1ccc(CC(=O)NN)cc1[N+](=O)[O-]. The molecule has 104 valence electrons. The van der Waals surface area contributed by atoms with Gasteiger partial charge >= 0.3 is 5.69 Å². The highest BCUT2D eigenvalue weighted by molar-refractivity contribution is 5.78. The molecule has 1 aromatic rings. The van der Waals surface area contributed by atoms with Crippen molar-refractivity contribution in [3.63, 3.8) is 0 Å². The number of amides is 1. The van der Waals surface area contributed by atoms with Gasteiger partial charge in [0.15, 0.2) is 5.75 Å². The zero-order chi connectivity index (χ0) is 14.3. The van der Waals surface area contributed by atoms with E-state index in [1.807, 2.05) is 12.3 Å². The van der Waals surface area contributed by atoms with Gasteiger partial charge in [-0.3, -0.25) is 20.3 Å². The third kappa shape index (κ3) is 4.55. The molecular weight excluding hydrogens is 250 g/mol. The van der Waals surface area contributed by atoms with Crippen LogP contribution in [0, 0.1) is 10.1 Å². The number of carbonyl (C=O) groups excluding carboxylic acids is 1. The van der Waals surface area contributed by atoms with Gasteiger partial charge in [0.1, 0.15) is 0 Å². The topological polar surface area (TPSA) is 107 Å². The lowest BCUT2D eigenvalue weighted by atomic mass is 10.1. The minimum absolute atomic E-state index is 0.00736. The molecule has 0 aromatic heterocycles. The fourth-order valence-electron chi connectivity index (χ4n) is 1.50. The summed E-state index contributed by atoms with van der Waals surface area (Å²) in [6, 6.07) is 4.45. The molecular formula is C12H17N3O4. The molecule has 1 aromatic carbocycles. The minimum atomic E-state index is -0.523. The summed E-state index contributed by atoms with van der Waals surface area (Å²) < 4.78 is 5.36. The van der Waals surface area contributed by atoms with Crippen molar-refractivity contribution in [1.82, 2.24) is 5.43 Å². The van der Waals surface area contributed by atoms with Gasteiger partial charge in [0.05, 0.1) is 18.0 Å². The van der Waals surface area contributed by atoms with Crippen molar-refractivity contribution in [1.29, 1.82) is 0 Å². The van der Waals surface area contributed by atoms with Crippen molar-refractivity contribution in [3.8, 4) is 5.75 Å². The quantitative estimate of drug-likeness (QED) is 0.254. The third-order valence-corrected chi connectivity index (χ3v) is 2.50. The normalized spacial score (nSPS) is 10.0. The van der Waals surface area contributed by atoms with Crippen molar-refractivity contribution < 1.29 is 14.5 Å². The van der Waals surface area contributed by atoms with Crippen molar-refractivity contribution in [2.75, 3.05) is 6.61 Å². The van der Waals surface area contributed by atoms with Gasteiger partial charge in [-0.05, 0) is 18.1 Å². The molecule has 3 N–H and O–H groups in total. The number of nitro groups is 1. The molecule has 0 bridgehead atoms. The van der Waals surface area contributed by atoms with E-state index < -0.39 is 10.8 Å². The molecule has 0 saturated heterocycles. The summed E-state index contributed by atoms with van der Waals surface area (Å²) in [5, 5.41) is 11.0. The maximum absolute atomic E-state index is 11.1. The van der Waals surface area contributed by atoms with E-state index in [9.17, 15) is 14.9 Å². The lowest BCUT2D eigenvalue weighted by Crippen LogP contribution is -2.31. The second-order valence-electron chi connectivity index (χ2n) is 4.01. The number of benzene rings is 1. The summed E-state index contributed by atoms with van der Waals surface area (Å²) in [4.78, 5) is 21.6. The number of nitrogens with zero attached hydrogens (tertiary/aromatic N) is 1. The molecule has 0 heterocycles. The number of unbranched alkanes of at least 4 members (excludes halogenated alkanes) is 1. The minimum Gasteiger partial charge on any atom is -0.487 e. The van der Waals surface area contributed by atoms with Crippen molar-refractivity contribution in [2.24, 2.45) is 5.84 Å². The van der Waals surface area contributed by atoms with Crippen LogP contribution < -0.4 is 16.0 Å². The Bertz CT molecular complexity index is 462. The van der Waals surface area contributed by atoms with Crippen LogP contribution in [0.3, 0.4) is 0 Å². The fraction of sp³-hybridized carbons (Fsp3) is 0.417. The third-order valence-electron chi connectivity index (χ3n) is 2.50. The molecule has 0 aliphatic carbocycles. The Morgan fingerprint density at radius 1 is 1.53 bits per heavy atom. The van der Waals surface area contributed by atoms with Crippen molar-refractivity contribution >= 4 is 11.6 Å². The van der Waals surface area contributed by atoms with E-state index in [0.717, 1.165) is 12.8 Å². The number of carbonyl (C=O) groups is 1. The summed E-state index contributed by atoms with van der Waals surface area (Å²) in [5.74, 6) is 4.78. The van der Waals surface area contributed by atoms with E-state index in [1.165, 1.54) is 12.1 Å². The summed E-state index contributed by atoms with van der Waals surface area (Å²) in [6.45, 7) is 2.44. The number of rotatable bonds is 7. The Balaban J connectivity index is 2.88. The molecule has 0 radical (unpaired) electrons. The maximum Gasteiger partial charge on any atom is 0.311 e. The van der Waals surface area contributed by atoms with Crippen LogP contribution >= 0.6 is 0 Å². The number of hydrazine groups is 1. The smallest absolute Gasteiger partial charge is 0.311 e. The van der Waals surface area contributed by atoms with Crippen LogP contribution in [-0.2, 0) is 11.2 Å². The van der Waals surface area contributed by atoms with E-state index in [4.69, 9.17) is 10.6 Å². The highest BCUT2D eigenvalue weighted by atomic mass is 16.6. The summed E-state index contributed by atoms with van der Waals surface area (Å²) >= 11 is 0. The van der Waals surface area contributed by atoms with Gasteiger partial charge < -0.3 is 4.74 Å². The number of nitrogens with one attached hydrogen (secondary N) is 1. The standard InChI is InChI=1S/C12H17N3O4/c1-2-3-6-19-11-5-4-9(8-12(16)14-13)7-10(11)15(17)18/h4-5,7H,2-3,6,8,13H2,1H3,(H,14,16). The number of nitro benzene ring substituents is 1. The van der Waals surface area contributed by atoms with Crippen LogP contribution in [0.1, 0.15) is 25.3 Å². The Morgan fingerprint density at radius 2 is 2.26 bits per heavy atom. The van der Waals surface area contributed by atoms with Crippen LogP contribution in [0.2, 0.25) is 0 Å². The first-order valence-electron chi connectivity index (χ1n) is 5.98. The highest BCUT2D eigenvalue weighted by Crippen LogP contribution is 2.28. The van der Waals surface area contributed by atoms with Crippen LogP contribution in [0.15, 0.2) is 18.2 Å². The zero-order valence-corrected chi connectivity index (χ0v) is 10.7. The average Bonchev–Trinajstić information content (AvgIpc) is 2.40. The molecule has 19 heavy (non-hydrogen) atoms. The summed E-state index contributed by atoms with van der Waals surface area (Å²) in [6.07, 6.45) is 1.77. The maximum atomic E-state index is 11.1. The molecule has 0 unspecified atom stereocenters. The first-order chi connectivity index (χ1) is 9.08. The number of nitrogens with two attached hydrogens (primary N) is 1. The summed E-state index contributed by atoms with van der Waals surface area (Å²) in [5.41, 5.74) is 2.35. The van der Waals surface area contributed by atoms with Crippen LogP contribution in [-0.4, -0.2) is 17.4 Å². The first kappa shape index (κ1) is 14.9. The van der Waals surface area contributed by atoms with Gasteiger partial charge in [-0.15, -0.1) is 0 Å². The van der Waals surface area contributed by atoms with Gasteiger partial charge in [-0.25, -0.2) is 5.84 Å². The second kappa shape index (κ2) is 7.32. The predicted molar refractivity (Wildman–Crippen MR) is 69.5 cm³/mol. The van der Waals surface area contributed by atoms with E-state index in [0.29, 0.717) is 12.2 Å².